The van der Waals surface area contributed by atoms with Gasteiger partial charge in [0.25, 0.3) is 0 Å². The molecular formula is C24H22Cl2N2O2. The van der Waals surface area contributed by atoms with Crippen LogP contribution in [0.1, 0.15) is 47.6 Å². The molecule has 4 nitrogen and oxygen atoms in total. The molecule has 2 aromatic carbocycles. The molecule has 0 saturated carbocycles. The number of hydrogen-bond acceptors (Lipinski definition) is 3. The number of fused-ring (bicyclic) bond motifs is 1. The van der Waals surface area contributed by atoms with Crippen molar-refractivity contribution in [1.82, 2.24) is 4.57 Å². The second-order valence-corrected chi connectivity index (χ2v) is 9.22. The summed E-state index contributed by atoms with van der Waals surface area (Å²) in [6.45, 7) is 6.47. The number of rotatable bonds is 3. The normalized spacial score (nSPS) is 16.4. The summed E-state index contributed by atoms with van der Waals surface area (Å²) in [5.74, 6) is -0.603. The molecule has 0 N–H and O–H groups in total. The van der Waals surface area contributed by atoms with Gasteiger partial charge in [-0.3, -0.25) is 0 Å². The molecule has 1 aromatic heterocycles. The Balaban J connectivity index is 1.71. The van der Waals surface area contributed by atoms with Crippen LogP contribution in [0.5, 0.6) is 0 Å². The topological polar surface area (TPSA) is 43.6 Å². The van der Waals surface area contributed by atoms with Crippen LogP contribution in [0.4, 0.5) is 0 Å². The first-order valence-electron chi connectivity index (χ1n) is 9.75. The lowest BCUT2D eigenvalue weighted by molar-refractivity contribution is 0.0514. The molecule has 0 atom stereocenters. The lowest BCUT2D eigenvalue weighted by Crippen LogP contribution is -2.28. The fourth-order valence-electron chi connectivity index (χ4n) is 4.00. The van der Waals surface area contributed by atoms with Gasteiger partial charge < -0.3 is 9.40 Å². The third-order valence-electron chi connectivity index (χ3n) is 5.29. The Morgan fingerprint density at radius 1 is 1.07 bits per heavy atom. The Labute approximate surface area is 186 Å². The highest BCUT2D eigenvalue weighted by Crippen LogP contribution is 2.38. The molecule has 6 heteroatoms. The highest BCUT2D eigenvalue weighted by Gasteiger charge is 2.33. The number of carbonyl (C=O) groups excluding carboxylic acids is 1. The number of benzene rings is 2. The summed E-state index contributed by atoms with van der Waals surface area (Å²) in [5.41, 5.74) is 5.39. The van der Waals surface area contributed by atoms with Crippen molar-refractivity contribution >= 4 is 34.9 Å². The molecule has 30 heavy (non-hydrogen) atoms. The number of aryl methyl sites for hydroxylation is 1. The summed E-state index contributed by atoms with van der Waals surface area (Å²) in [6.07, 6.45) is 1.61. The third kappa shape index (κ3) is 4.03. The average Bonchev–Trinajstić information content (AvgIpc) is 3.01. The van der Waals surface area contributed by atoms with Crippen molar-refractivity contribution < 1.29 is 9.63 Å². The number of carbonyl (C=O) groups is 1. The monoisotopic (exact) mass is 440 g/mol. The van der Waals surface area contributed by atoms with Crippen LogP contribution in [0, 0.1) is 12.3 Å². The van der Waals surface area contributed by atoms with Crippen LogP contribution in [0.3, 0.4) is 0 Å². The maximum atomic E-state index is 12.5. The van der Waals surface area contributed by atoms with E-state index in [4.69, 9.17) is 28.0 Å². The Kier molecular flexibility index (Phi) is 5.48. The van der Waals surface area contributed by atoms with Crippen molar-refractivity contribution in [2.45, 2.75) is 33.6 Å². The first-order valence-corrected chi connectivity index (χ1v) is 10.5. The Morgan fingerprint density at radius 2 is 1.80 bits per heavy atom. The van der Waals surface area contributed by atoms with Crippen molar-refractivity contribution in [1.29, 1.82) is 0 Å². The van der Waals surface area contributed by atoms with E-state index in [9.17, 15) is 4.79 Å². The molecule has 0 aliphatic heterocycles. The summed E-state index contributed by atoms with van der Waals surface area (Å²) in [7, 11) is 0. The summed E-state index contributed by atoms with van der Waals surface area (Å²) >= 11 is 12.0. The number of nitrogens with zero attached hydrogens (tertiary/aromatic N) is 2. The molecule has 0 unspecified atom stereocenters. The predicted octanol–water partition coefficient (Wildman–Crippen LogP) is 6.63. The molecule has 0 radical (unpaired) electrons. The zero-order valence-electron chi connectivity index (χ0n) is 17.1. The van der Waals surface area contributed by atoms with Gasteiger partial charge in [-0.25, -0.2) is 4.79 Å². The second kappa shape index (κ2) is 7.93. The summed E-state index contributed by atoms with van der Waals surface area (Å²) in [4.78, 5) is 17.8. The fourth-order valence-corrected chi connectivity index (χ4v) is 4.48. The van der Waals surface area contributed by atoms with Crippen molar-refractivity contribution in [3.8, 4) is 5.69 Å². The van der Waals surface area contributed by atoms with Crippen LogP contribution in [0.2, 0.25) is 10.0 Å². The smallest absolute Gasteiger partial charge is 0.318 e. The second-order valence-electron chi connectivity index (χ2n) is 8.38. The SMILES string of the molecule is Cc1cc2c(n1-c1ccccc1)CC(C)(C)C/C2=N\OC(=O)c1ccc(Cl)cc1Cl. The first-order chi connectivity index (χ1) is 14.2. The summed E-state index contributed by atoms with van der Waals surface area (Å²) in [6, 6.07) is 17.0. The number of aromatic nitrogens is 1. The van der Waals surface area contributed by atoms with E-state index in [1.54, 1.807) is 12.1 Å². The minimum atomic E-state index is -0.603. The van der Waals surface area contributed by atoms with E-state index < -0.39 is 5.97 Å². The molecule has 1 aliphatic rings. The molecule has 0 fully saturated rings. The van der Waals surface area contributed by atoms with Crippen LogP contribution in [0.15, 0.2) is 59.8 Å². The van der Waals surface area contributed by atoms with E-state index in [0.29, 0.717) is 11.4 Å². The quantitative estimate of drug-likeness (QED) is 0.338. The van der Waals surface area contributed by atoms with Crippen LogP contribution >= 0.6 is 23.2 Å². The zero-order valence-corrected chi connectivity index (χ0v) is 18.6. The third-order valence-corrected chi connectivity index (χ3v) is 5.84. The van der Waals surface area contributed by atoms with E-state index in [-0.39, 0.29) is 16.0 Å². The molecule has 4 rings (SSSR count). The number of oxime groups is 1. The van der Waals surface area contributed by atoms with E-state index in [2.05, 4.69) is 48.7 Å². The maximum absolute atomic E-state index is 12.5. The number of halogens is 2. The van der Waals surface area contributed by atoms with Crippen LogP contribution in [-0.2, 0) is 11.3 Å². The highest BCUT2D eigenvalue weighted by molar-refractivity contribution is 6.36. The zero-order chi connectivity index (χ0) is 21.5. The van der Waals surface area contributed by atoms with Crippen LogP contribution < -0.4 is 0 Å². The predicted molar refractivity (Wildman–Crippen MR) is 121 cm³/mol. The van der Waals surface area contributed by atoms with Crippen LogP contribution in [-0.4, -0.2) is 16.2 Å². The minimum absolute atomic E-state index is 0.0204. The number of hydrogen-bond donors (Lipinski definition) is 0. The van der Waals surface area contributed by atoms with Gasteiger partial charge in [0, 0.05) is 27.7 Å². The summed E-state index contributed by atoms with van der Waals surface area (Å²) < 4.78 is 2.25. The minimum Gasteiger partial charge on any atom is -0.318 e. The maximum Gasteiger partial charge on any atom is 0.367 e. The van der Waals surface area contributed by atoms with Crippen molar-refractivity contribution in [2.75, 3.05) is 0 Å². The fraction of sp³-hybridized carbons (Fsp3) is 0.250. The molecule has 1 heterocycles. The van der Waals surface area contributed by atoms with Gasteiger partial charge in [0.05, 0.1) is 16.3 Å². The molecule has 0 spiro atoms. The first kappa shape index (κ1) is 20.7. The van der Waals surface area contributed by atoms with Crippen molar-refractivity contribution in [3.63, 3.8) is 0 Å². The molecule has 0 saturated heterocycles. The Bertz CT molecular complexity index is 1150. The van der Waals surface area contributed by atoms with Gasteiger partial charge in [0.15, 0.2) is 0 Å². The lowest BCUT2D eigenvalue weighted by Gasteiger charge is -2.31. The van der Waals surface area contributed by atoms with Gasteiger partial charge in [-0.15, -0.1) is 0 Å². The Hall–Kier alpha value is -2.56. The van der Waals surface area contributed by atoms with Gasteiger partial charge >= 0.3 is 5.97 Å². The number of para-hydroxylation sites is 1. The highest BCUT2D eigenvalue weighted by atomic mass is 35.5. The van der Waals surface area contributed by atoms with Crippen LogP contribution in [0.25, 0.3) is 5.69 Å². The van der Waals surface area contributed by atoms with E-state index in [1.165, 1.54) is 11.8 Å². The molecule has 0 bridgehead atoms. The molecule has 154 valence electrons. The Morgan fingerprint density at radius 3 is 2.50 bits per heavy atom. The van der Waals surface area contributed by atoms with E-state index in [1.807, 2.05) is 18.2 Å². The van der Waals surface area contributed by atoms with E-state index >= 15 is 0 Å². The van der Waals surface area contributed by atoms with Gasteiger partial charge in [-0.05, 0) is 61.6 Å². The van der Waals surface area contributed by atoms with Gasteiger partial charge in [-0.2, -0.15) is 0 Å². The average molecular weight is 441 g/mol. The largest absolute Gasteiger partial charge is 0.367 e. The summed E-state index contributed by atoms with van der Waals surface area (Å²) in [5, 5.41) is 4.97. The van der Waals surface area contributed by atoms with Crippen molar-refractivity contribution in [3.05, 3.63) is 87.2 Å². The molecular weight excluding hydrogens is 419 g/mol. The van der Waals surface area contributed by atoms with Crippen molar-refractivity contribution in [2.24, 2.45) is 10.6 Å². The standard InChI is InChI=1S/C24H22Cl2N2O2/c1-15-11-19-21(27-30-23(29)18-10-9-16(25)12-20(18)26)13-24(2,3)14-22(19)28(15)17-7-5-4-6-8-17/h4-12H,13-14H2,1-3H3/b27-21+. The lowest BCUT2D eigenvalue weighted by atomic mass is 9.76. The molecule has 0 amide bonds. The van der Waals surface area contributed by atoms with Gasteiger partial charge in [0.1, 0.15) is 0 Å². The molecule has 3 aromatic rings. The van der Waals surface area contributed by atoms with E-state index in [0.717, 1.165) is 29.1 Å². The van der Waals surface area contributed by atoms with Gasteiger partial charge in [0.2, 0.25) is 0 Å². The molecule has 1 aliphatic carbocycles. The van der Waals surface area contributed by atoms with Gasteiger partial charge in [-0.1, -0.05) is 60.4 Å².